The van der Waals surface area contributed by atoms with Crippen LogP contribution in [0.2, 0.25) is 0 Å². The van der Waals surface area contributed by atoms with E-state index < -0.39 is 6.09 Å². The second-order valence-corrected chi connectivity index (χ2v) is 2.73. The number of carbonyl (C=O) groups is 1. The van der Waals surface area contributed by atoms with E-state index in [9.17, 15) is 4.79 Å². The molecule has 0 heterocycles. The third-order valence-corrected chi connectivity index (χ3v) is 1.79. The van der Waals surface area contributed by atoms with E-state index in [4.69, 9.17) is 11.0 Å². The number of amides is 1. The van der Waals surface area contributed by atoms with Crippen molar-refractivity contribution in [3.63, 3.8) is 0 Å². The van der Waals surface area contributed by atoms with Gasteiger partial charge in [-0.1, -0.05) is 30.3 Å². The van der Waals surface area contributed by atoms with E-state index in [2.05, 4.69) is 4.94 Å². The molecule has 0 aliphatic carbocycles. The van der Waals surface area contributed by atoms with Crippen LogP contribution in [-0.4, -0.2) is 22.8 Å². The van der Waals surface area contributed by atoms with E-state index in [0.717, 1.165) is 5.56 Å². The van der Waals surface area contributed by atoms with E-state index in [0.29, 0.717) is 11.5 Å². The van der Waals surface area contributed by atoms with Gasteiger partial charge in [0.2, 0.25) is 0 Å². The number of rotatable bonds is 4. The lowest BCUT2D eigenvalue weighted by atomic mass is 10.1. The Hall–Kier alpha value is -1.59. The molecule has 0 unspecified atom stereocenters. The van der Waals surface area contributed by atoms with Crippen LogP contribution in [0.3, 0.4) is 0 Å². The van der Waals surface area contributed by atoms with E-state index in [-0.39, 0.29) is 6.54 Å². The minimum Gasteiger partial charge on any atom is -0.463 e. The van der Waals surface area contributed by atoms with E-state index in [1.807, 2.05) is 30.3 Å². The monoisotopic (exact) mass is 196 g/mol. The molecule has 5 nitrogen and oxygen atoms in total. The Labute approximate surface area is 81.6 Å². The summed E-state index contributed by atoms with van der Waals surface area (Å²) in [6, 6.07) is 9.51. The minimum atomic E-state index is -1.19. The summed E-state index contributed by atoms with van der Waals surface area (Å²) in [5, 5.41) is 9.26. The second-order valence-electron chi connectivity index (χ2n) is 2.73. The number of benzene rings is 1. The van der Waals surface area contributed by atoms with Gasteiger partial charge < -0.3 is 5.11 Å². The van der Waals surface area contributed by atoms with Gasteiger partial charge in [-0.2, -0.15) is 15.9 Å². The molecule has 76 valence electrons. The lowest BCUT2D eigenvalue weighted by Crippen LogP contribution is -2.34. The first-order valence-electron chi connectivity index (χ1n) is 4.15. The quantitative estimate of drug-likeness (QED) is 0.705. The molecule has 0 saturated heterocycles. The van der Waals surface area contributed by atoms with Crippen LogP contribution in [0.4, 0.5) is 4.79 Å². The van der Waals surface area contributed by atoms with Crippen molar-refractivity contribution in [2.24, 2.45) is 5.90 Å². The summed E-state index contributed by atoms with van der Waals surface area (Å²) in [6.45, 7) is 0.218. The molecule has 0 aromatic heterocycles. The van der Waals surface area contributed by atoms with E-state index in [1.165, 1.54) is 0 Å². The van der Waals surface area contributed by atoms with Crippen molar-refractivity contribution >= 4 is 6.09 Å². The summed E-state index contributed by atoms with van der Waals surface area (Å²) < 4.78 is 0. The fourth-order valence-corrected chi connectivity index (χ4v) is 1.07. The van der Waals surface area contributed by atoms with E-state index >= 15 is 0 Å². The van der Waals surface area contributed by atoms with Crippen LogP contribution in [0.15, 0.2) is 30.3 Å². The summed E-state index contributed by atoms with van der Waals surface area (Å²) in [7, 11) is 0. The highest BCUT2D eigenvalue weighted by Gasteiger charge is 2.10. The first kappa shape index (κ1) is 10.5. The van der Waals surface area contributed by atoms with Gasteiger partial charge >= 0.3 is 6.09 Å². The number of hydrogen-bond acceptors (Lipinski definition) is 3. The Morgan fingerprint density at radius 1 is 1.43 bits per heavy atom. The van der Waals surface area contributed by atoms with E-state index in [1.54, 1.807) is 0 Å². The van der Waals surface area contributed by atoms with Crippen LogP contribution in [-0.2, 0) is 11.4 Å². The fraction of sp³-hybridized carbons (Fsp3) is 0.222. The van der Waals surface area contributed by atoms with Gasteiger partial charge in [-0.3, -0.25) is 0 Å². The lowest BCUT2D eigenvalue weighted by molar-refractivity contribution is -0.133. The predicted molar refractivity (Wildman–Crippen MR) is 50.1 cm³/mol. The smallest absolute Gasteiger partial charge is 0.433 e. The Morgan fingerprint density at radius 2 is 2.07 bits per heavy atom. The maximum absolute atomic E-state index is 10.5. The zero-order valence-electron chi connectivity index (χ0n) is 7.59. The summed E-state index contributed by atoms with van der Waals surface area (Å²) in [6.07, 6.45) is -0.618. The first-order chi connectivity index (χ1) is 6.74. The van der Waals surface area contributed by atoms with Gasteiger partial charge in [0.1, 0.15) is 0 Å². The molecule has 0 bridgehead atoms. The molecule has 0 fully saturated rings. The second kappa shape index (κ2) is 5.21. The van der Waals surface area contributed by atoms with Crippen LogP contribution in [0.25, 0.3) is 0 Å². The van der Waals surface area contributed by atoms with Gasteiger partial charge in [-0.05, 0) is 12.0 Å². The van der Waals surface area contributed by atoms with Gasteiger partial charge in [0.15, 0.2) is 0 Å². The number of hydrogen-bond donors (Lipinski definition) is 2. The molecule has 1 rings (SSSR count). The third-order valence-electron chi connectivity index (χ3n) is 1.79. The maximum atomic E-state index is 10.5. The Kier molecular flexibility index (Phi) is 3.90. The predicted octanol–water partition coefficient (Wildman–Crippen LogP) is 1.01. The zero-order valence-corrected chi connectivity index (χ0v) is 7.59. The molecule has 0 saturated carbocycles. The Bertz CT molecular complexity index is 289. The highest BCUT2D eigenvalue weighted by molar-refractivity contribution is 5.63. The van der Waals surface area contributed by atoms with Crippen LogP contribution in [0, 0.1) is 0 Å². The molecular formula is C9H12N2O3. The third kappa shape index (κ3) is 3.04. The van der Waals surface area contributed by atoms with Gasteiger partial charge in [0, 0.05) is 0 Å². The number of nitrogens with two attached hydrogens (primary N) is 1. The average molecular weight is 196 g/mol. The van der Waals surface area contributed by atoms with Crippen molar-refractivity contribution < 1.29 is 14.8 Å². The summed E-state index contributed by atoms with van der Waals surface area (Å²) >= 11 is 0. The normalized spacial score (nSPS) is 9.79. The maximum Gasteiger partial charge on any atom is 0.433 e. The van der Waals surface area contributed by atoms with Gasteiger partial charge in [-0.15, -0.1) is 0 Å². The van der Waals surface area contributed by atoms with Crippen molar-refractivity contribution in [2.75, 3.05) is 6.54 Å². The van der Waals surface area contributed by atoms with Crippen molar-refractivity contribution in [3.8, 4) is 0 Å². The topological polar surface area (TPSA) is 75.8 Å². The molecule has 5 heteroatoms. The van der Waals surface area contributed by atoms with Crippen LogP contribution in [0.1, 0.15) is 5.56 Å². The molecular weight excluding hydrogens is 184 g/mol. The van der Waals surface area contributed by atoms with Gasteiger partial charge in [0.05, 0.1) is 6.54 Å². The molecule has 0 atom stereocenters. The van der Waals surface area contributed by atoms with Crippen LogP contribution >= 0.6 is 0 Å². The summed E-state index contributed by atoms with van der Waals surface area (Å²) in [4.78, 5) is 14.6. The SMILES string of the molecule is NON(CCc1ccccc1)C(=O)O. The van der Waals surface area contributed by atoms with Crippen LogP contribution < -0.4 is 5.90 Å². The van der Waals surface area contributed by atoms with Crippen molar-refractivity contribution in [2.45, 2.75) is 6.42 Å². The standard InChI is InChI=1S/C9H12N2O3/c10-14-11(9(12)13)7-6-8-4-2-1-3-5-8/h1-5H,6-7,10H2,(H,12,13). The van der Waals surface area contributed by atoms with Crippen molar-refractivity contribution in [1.82, 2.24) is 5.06 Å². The highest BCUT2D eigenvalue weighted by Crippen LogP contribution is 2.01. The van der Waals surface area contributed by atoms with Gasteiger partial charge in [-0.25, -0.2) is 4.79 Å². The molecule has 1 aromatic carbocycles. The van der Waals surface area contributed by atoms with Crippen LogP contribution in [0.5, 0.6) is 0 Å². The Morgan fingerprint density at radius 3 is 2.57 bits per heavy atom. The molecule has 0 radical (unpaired) electrons. The zero-order chi connectivity index (χ0) is 10.4. The average Bonchev–Trinajstić information content (AvgIpc) is 2.20. The minimum absolute atomic E-state index is 0.218. The molecule has 0 aliphatic heterocycles. The number of hydroxylamine groups is 2. The molecule has 3 N–H and O–H groups in total. The molecule has 1 aromatic rings. The number of carboxylic acid groups (broad SMARTS) is 1. The Balaban J connectivity index is 2.44. The fourth-order valence-electron chi connectivity index (χ4n) is 1.07. The van der Waals surface area contributed by atoms with Crippen molar-refractivity contribution in [3.05, 3.63) is 35.9 Å². The molecule has 14 heavy (non-hydrogen) atoms. The van der Waals surface area contributed by atoms with Crippen molar-refractivity contribution in [1.29, 1.82) is 0 Å². The largest absolute Gasteiger partial charge is 0.463 e. The first-order valence-corrected chi connectivity index (χ1v) is 4.15. The summed E-state index contributed by atoms with van der Waals surface area (Å²) in [5.41, 5.74) is 1.04. The molecule has 0 spiro atoms. The molecule has 0 aliphatic rings. The summed E-state index contributed by atoms with van der Waals surface area (Å²) in [5.74, 6) is 4.78. The highest BCUT2D eigenvalue weighted by atomic mass is 16.8. The molecule has 1 amide bonds. The number of nitrogens with zero attached hydrogens (tertiary/aromatic N) is 1. The lowest BCUT2D eigenvalue weighted by Gasteiger charge is -2.14. The van der Waals surface area contributed by atoms with Gasteiger partial charge in [0.25, 0.3) is 0 Å².